The van der Waals surface area contributed by atoms with Gasteiger partial charge in [-0.3, -0.25) is 0 Å². The van der Waals surface area contributed by atoms with E-state index in [2.05, 4.69) is 6.58 Å². The van der Waals surface area contributed by atoms with Crippen molar-refractivity contribution in [3.8, 4) is 0 Å². The van der Waals surface area contributed by atoms with Crippen LogP contribution in [0.3, 0.4) is 0 Å². The Hall–Kier alpha value is 0.0500. The van der Waals surface area contributed by atoms with Crippen molar-refractivity contribution in [3.05, 3.63) is 17.9 Å². The summed E-state index contributed by atoms with van der Waals surface area (Å²) < 4.78 is -0.497. The quantitative estimate of drug-likeness (QED) is 0.332. The van der Waals surface area contributed by atoms with Crippen LogP contribution in [0.15, 0.2) is 12.7 Å². The van der Waals surface area contributed by atoms with Crippen molar-refractivity contribution in [2.45, 2.75) is 0 Å². The van der Waals surface area contributed by atoms with Crippen LogP contribution in [0.1, 0.15) is 0 Å². The van der Waals surface area contributed by atoms with E-state index in [-0.39, 0.29) is 0 Å². The van der Waals surface area contributed by atoms with Gasteiger partial charge in [0.05, 0.1) is 0 Å². The summed E-state index contributed by atoms with van der Waals surface area (Å²) >= 11 is 0. The standard InChI is InChI=1S/C5H10NO2P/c1-2-3-6(7)8-4-5-9-6/h2,9H,1,3-5H2. The molecule has 1 heterocycles. The Labute approximate surface area is 56.3 Å². The summed E-state index contributed by atoms with van der Waals surface area (Å²) in [5.74, 6) is 0. The fourth-order valence-electron chi connectivity index (χ4n) is 0.742. The molecule has 0 amide bonds. The maximum Gasteiger partial charge on any atom is 0.128 e. The molecule has 0 radical (unpaired) electrons. The van der Waals surface area contributed by atoms with E-state index in [0.717, 1.165) is 6.16 Å². The van der Waals surface area contributed by atoms with E-state index in [1.165, 1.54) is 0 Å². The molecule has 1 saturated heterocycles. The van der Waals surface area contributed by atoms with Gasteiger partial charge in [0.15, 0.2) is 0 Å². The molecule has 0 N–H and O–H groups in total. The molecule has 1 aliphatic heterocycles. The van der Waals surface area contributed by atoms with Crippen molar-refractivity contribution in [1.82, 2.24) is 0 Å². The monoisotopic (exact) mass is 147 g/mol. The van der Waals surface area contributed by atoms with E-state index in [1.807, 2.05) is 0 Å². The number of nitrogens with zero attached hydrogens (tertiary/aromatic N) is 1. The Morgan fingerprint density at radius 3 is 3.11 bits per heavy atom. The van der Waals surface area contributed by atoms with Crippen LogP contribution >= 0.6 is 8.73 Å². The average molecular weight is 147 g/mol. The van der Waals surface area contributed by atoms with E-state index in [4.69, 9.17) is 4.84 Å². The SMILES string of the molecule is C=CC[N+]1([O-])OCCP1. The van der Waals surface area contributed by atoms with Gasteiger partial charge in [0.2, 0.25) is 0 Å². The van der Waals surface area contributed by atoms with Crippen molar-refractivity contribution in [3.63, 3.8) is 0 Å². The molecule has 9 heavy (non-hydrogen) atoms. The molecule has 0 saturated carbocycles. The highest BCUT2D eigenvalue weighted by atomic mass is 31.1. The molecule has 0 aromatic carbocycles. The summed E-state index contributed by atoms with van der Waals surface area (Å²) in [7, 11) is 0.348. The molecular formula is C5H10NO2P. The third-order valence-corrected chi connectivity index (χ3v) is 2.35. The van der Waals surface area contributed by atoms with E-state index in [1.54, 1.807) is 6.08 Å². The first kappa shape index (κ1) is 7.16. The van der Waals surface area contributed by atoms with Crippen molar-refractivity contribution >= 4 is 8.73 Å². The van der Waals surface area contributed by atoms with Crippen LogP contribution < -0.4 is 0 Å². The highest BCUT2D eigenvalue weighted by Gasteiger charge is 2.23. The van der Waals surface area contributed by atoms with Crippen molar-refractivity contribution < 1.29 is 9.42 Å². The lowest BCUT2D eigenvalue weighted by molar-refractivity contribution is -0.951. The summed E-state index contributed by atoms with van der Waals surface area (Å²) in [5, 5.41) is 11.2. The topological polar surface area (TPSA) is 32.3 Å². The first-order valence-electron chi connectivity index (χ1n) is 2.86. The smallest absolute Gasteiger partial charge is 0.128 e. The van der Waals surface area contributed by atoms with Gasteiger partial charge in [0.25, 0.3) is 0 Å². The minimum absolute atomic E-state index is 0.348. The van der Waals surface area contributed by atoms with Crippen LogP contribution in [0.25, 0.3) is 0 Å². The second-order valence-corrected chi connectivity index (χ2v) is 3.38. The highest BCUT2D eigenvalue weighted by molar-refractivity contribution is 7.31. The largest absolute Gasteiger partial charge is 0.597 e. The van der Waals surface area contributed by atoms with Gasteiger partial charge in [0.1, 0.15) is 21.9 Å². The van der Waals surface area contributed by atoms with Gasteiger partial charge >= 0.3 is 0 Å². The van der Waals surface area contributed by atoms with Crippen LogP contribution in [-0.2, 0) is 4.84 Å². The molecule has 3 nitrogen and oxygen atoms in total. The molecular weight excluding hydrogens is 137 g/mol. The number of quaternary nitrogens is 1. The Morgan fingerprint density at radius 1 is 1.89 bits per heavy atom. The minimum atomic E-state index is -0.497. The van der Waals surface area contributed by atoms with Crippen LogP contribution in [0, 0.1) is 5.21 Å². The maximum absolute atomic E-state index is 11.2. The summed E-state index contributed by atoms with van der Waals surface area (Å²) in [6.07, 6.45) is 2.50. The van der Waals surface area contributed by atoms with Gasteiger partial charge in [-0.2, -0.15) is 4.58 Å². The van der Waals surface area contributed by atoms with Gasteiger partial charge in [-0.15, -0.1) is 0 Å². The molecule has 1 rings (SSSR count). The van der Waals surface area contributed by atoms with Crippen molar-refractivity contribution in [2.24, 2.45) is 0 Å². The highest BCUT2D eigenvalue weighted by Crippen LogP contribution is 2.33. The zero-order valence-corrected chi connectivity index (χ0v) is 6.17. The van der Waals surface area contributed by atoms with Crippen LogP contribution in [0.4, 0.5) is 0 Å². The molecule has 0 aromatic rings. The molecule has 0 aliphatic carbocycles. The normalized spacial score (nSPS) is 37.4. The average Bonchev–Trinajstić information content (AvgIpc) is 2.16. The summed E-state index contributed by atoms with van der Waals surface area (Å²) in [5.41, 5.74) is 0. The van der Waals surface area contributed by atoms with E-state index in [9.17, 15) is 5.21 Å². The lowest BCUT2D eigenvalue weighted by Crippen LogP contribution is -2.28. The molecule has 0 spiro atoms. The van der Waals surface area contributed by atoms with Crippen molar-refractivity contribution in [1.29, 1.82) is 0 Å². The van der Waals surface area contributed by atoms with Gasteiger partial charge in [0, 0.05) is 6.16 Å². The first-order chi connectivity index (χ1) is 4.27. The minimum Gasteiger partial charge on any atom is -0.597 e. The van der Waals surface area contributed by atoms with E-state index >= 15 is 0 Å². The second kappa shape index (κ2) is 2.76. The van der Waals surface area contributed by atoms with Crippen LogP contribution in [-0.4, -0.2) is 23.9 Å². The van der Waals surface area contributed by atoms with Crippen LogP contribution in [0.2, 0.25) is 0 Å². The predicted molar refractivity (Wildman–Crippen MR) is 37.8 cm³/mol. The molecule has 0 bridgehead atoms. The lowest BCUT2D eigenvalue weighted by Gasteiger charge is -2.31. The Morgan fingerprint density at radius 2 is 2.67 bits per heavy atom. The molecule has 52 valence electrons. The Kier molecular flexibility index (Phi) is 2.19. The lowest BCUT2D eigenvalue weighted by atomic mass is 10.7. The first-order valence-corrected chi connectivity index (χ1v) is 4.02. The zero-order chi connectivity index (χ0) is 6.74. The Balaban J connectivity index is 2.40. The number of rotatable bonds is 2. The number of hydroxylamine groups is 2. The summed E-state index contributed by atoms with van der Waals surface area (Å²) in [6, 6.07) is 0. The Bertz CT molecular complexity index is 112. The van der Waals surface area contributed by atoms with Gasteiger partial charge in [-0.25, -0.2) is 4.84 Å². The van der Waals surface area contributed by atoms with E-state index < -0.39 is 4.58 Å². The summed E-state index contributed by atoms with van der Waals surface area (Å²) in [4.78, 5) is 4.90. The third-order valence-electron chi connectivity index (χ3n) is 1.12. The number of hydrogen-bond donors (Lipinski definition) is 0. The van der Waals surface area contributed by atoms with Gasteiger partial charge in [-0.1, -0.05) is 6.58 Å². The maximum atomic E-state index is 11.2. The number of hydrogen-bond acceptors (Lipinski definition) is 2. The molecule has 1 fully saturated rings. The molecule has 1 aliphatic rings. The van der Waals surface area contributed by atoms with Gasteiger partial charge < -0.3 is 5.21 Å². The van der Waals surface area contributed by atoms with Crippen molar-refractivity contribution in [2.75, 3.05) is 19.3 Å². The summed E-state index contributed by atoms with van der Waals surface area (Å²) in [6.45, 7) is 4.47. The molecule has 2 atom stereocenters. The fourth-order valence-corrected chi connectivity index (χ4v) is 1.71. The molecule has 4 heteroatoms. The van der Waals surface area contributed by atoms with E-state index in [0.29, 0.717) is 21.9 Å². The third kappa shape index (κ3) is 1.73. The zero-order valence-electron chi connectivity index (χ0n) is 5.17. The predicted octanol–water partition coefficient (Wildman–Crippen LogP) is 1.03. The fraction of sp³-hybridized carbons (Fsp3) is 0.600. The molecule has 2 unspecified atom stereocenters. The second-order valence-electron chi connectivity index (χ2n) is 1.89. The van der Waals surface area contributed by atoms with Gasteiger partial charge in [-0.05, 0) is 6.08 Å². The molecule has 0 aromatic heterocycles. The van der Waals surface area contributed by atoms with Crippen LogP contribution in [0.5, 0.6) is 0 Å².